The molecule has 0 amide bonds. The van der Waals surface area contributed by atoms with Crippen LogP contribution in [0.3, 0.4) is 0 Å². The van der Waals surface area contributed by atoms with Crippen LogP contribution in [0.1, 0.15) is 58.3 Å². The highest BCUT2D eigenvalue weighted by Gasteiger charge is 2.33. The lowest BCUT2D eigenvalue weighted by molar-refractivity contribution is 0.175. The second-order valence-electron chi connectivity index (χ2n) is 5.22. The van der Waals surface area contributed by atoms with Crippen molar-refractivity contribution >= 4 is 0 Å². The van der Waals surface area contributed by atoms with Crippen molar-refractivity contribution < 1.29 is 0 Å². The lowest BCUT2D eigenvalue weighted by Crippen LogP contribution is -2.44. The van der Waals surface area contributed by atoms with Crippen molar-refractivity contribution in [2.24, 2.45) is 11.8 Å². The Morgan fingerprint density at radius 2 is 1.57 bits per heavy atom. The van der Waals surface area contributed by atoms with Crippen LogP contribution in [0.2, 0.25) is 0 Å². The van der Waals surface area contributed by atoms with Gasteiger partial charge in [0.1, 0.15) is 0 Å². The highest BCUT2D eigenvalue weighted by Crippen LogP contribution is 2.38. The normalized spacial score (nSPS) is 26.4. The van der Waals surface area contributed by atoms with Crippen molar-refractivity contribution in [1.29, 1.82) is 0 Å². The predicted molar refractivity (Wildman–Crippen MR) is 61.4 cm³/mol. The van der Waals surface area contributed by atoms with Gasteiger partial charge in [-0.2, -0.15) is 0 Å². The molecule has 1 heteroatoms. The van der Waals surface area contributed by atoms with Crippen molar-refractivity contribution in [3.05, 3.63) is 0 Å². The lowest BCUT2D eigenvalue weighted by Gasteiger charge is -2.38. The maximum atomic E-state index is 3.81. The molecule has 1 nitrogen and oxygen atoms in total. The van der Waals surface area contributed by atoms with Gasteiger partial charge in [0.2, 0.25) is 0 Å². The number of hydrogen-bond acceptors (Lipinski definition) is 1. The van der Waals surface area contributed by atoms with E-state index in [0.717, 1.165) is 17.9 Å². The van der Waals surface area contributed by atoms with Crippen molar-refractivity contribution in [2.45, 2.75) is 64.3 Å². The molecule has 82 valence electrons. The first-order valence-electron chi connectivity index (χ1n) is 6.65. The molecule has 0 aromatic heterocycles. The van der Waals surface area contributed by atoms with Crippen molar-refractivity contribution in [2.75, 3.05) is 6.54 Å². The van der Waals surface area contributed by atoms with Gasteiger partial charge >= 0.3 is 0 Å². The summed E-state index contributed by atoms with van der Waals surface area (Å²) in [6.07, 6.45) is 11.7. The Hall–Kier alpha value is -0.0400. The monoisotopic (exact) mass is 195 g/mol. The van der Waals surface area contributed by atoms with Crippen molar-refractivity contribution in [3.8, 4) is 0 Å². The number of rotatable bonds is 5. The SMILES string of the molecule is CCCNC(C1CCCC1)C1CCC1. The van der Waals surface area contributed by atoms with Gasteiger partial charge in [-0.3, -0.25) is 0 Å². The van der Waals surface area contributed by atoms with E-state index in [0.29, 0.717) is 0 Å². The Labute approximate surface area is 88.7 Å². The molecule has 2 saturated carbocycles. The van der Waals surface area contributed by atoms with Gasteiger partial charge in [-0.05, 0) is 50.5 Å². The van der Waals surface area contributed by atoms with Crippen LogP contribution >= 0.6 is 0 Å². The topological polar surface area (TPSA) is 12.0 Å². The maximum Gasteiger partial charge on any atom is 0.0124 e. The zero-order valence-electron chi connectivity index (χ0n) is 9.60. The van der Waals surface area contributed by atoms with Gasteiger partial charge in [-0.25, -0.2) is 0 Å². The molecule has 14 heavy (non-hydrogen) atoms. The lowest BCUT2D eigenvalue weighted by atomic mass is 9.74. The van der Waals surface area contributed by atoms with Gasteiger partial charge < -0.3 is 5.32 Å². The zero-order valence-corrected chi connectivity index (χ0v) is 9.60. The van der Waals surface area contributed by atoms with Crippen LogP contribution in [0.25, 0.3) is 0 Å². The van der Waals surface area contributed by atoms with Crippen molar-refractivity contribution in [3.63, 3.8) is 0 Å². The molecule has 0 bridgehead atoms. The molecule has 0 heterocycles. The minimum Gasteiger partial charge on any atom is -0.313 e. The fourth-order valence-electron chi connectivity index (χ4n) is 3.14. The molecule has 1 N–H and O–H groups in total. The van der Waals surface area contributed by atoms with E-state index in [4.69, 9.17) is 0 Å². The van der Waals surface area contributed by atoms with Crippen LogP contribution in [0.5, 0.6) is 0 Å². The summed E-state index contributed by atoms with van der Waals surface area (Å²) >= 11 is 0. The standard InChI is InChI=1S/C13H25N/c1-2-10-14-13(12-8-5-9-12)11-6-3-4-7-11/h11-14H,2-10H2,1H3. The molecule has 1 unspecified atom stereocenters. The Bertz CT molecular complexity index is 157. The van der Waals surface area contributed by atoms with E-state index < -0.39 is 0 Å². The highest BCUT2D eigenvalue weighted by molar-refractivity contribution is 4.89. The van der Waals surface area contributed by atoms with Gasteiger partial charge in [0.15, 0.2) is 0 Å². The van der Waals surface area contributed by atoms with Crippen LogP contribution in [-0.4, -0.2) is 12.6 Å². The molecular formula is C13H25N. The molecule has 2 rings (SSSR count). The maximum absolute atomic E-state index is 3.81. The summed E-state index contributed by atoms with van der Waals surface area (Å²) in [5.41, 5.74) is 0. The molecule has 1 atom stereocenters. The first-order valence-corrected chi connectivity index (χ1v) is 6.65. The van der Waals surface area contributed by atoms with Crippen LogP contribution < -0.4 is 5.32 Å². The smallest absolute Gasteiger partial charge is 0.0124 e. The van der Waals surface area contributed by atoms with Gasteiger partial charge in [-0.15, -0.1) is 0 Å². The number of hydrogen-bond donors (Lipinski definition) is 1. The van der Waals surface area contributed by atoms with E-state index in [9.17, 15) is 0 Å². The molecule has 0 radical (unpaired) electrons. The zero-order chi connectivity index (χ0) is 9.80. The third kappa shape index (κ3) is 2.31. The third-order valence-electron chi connectivity index (χ3n) is 4.20. The van der Waals surface area contributed by atoms with E-state index in [2.05, 4.69) is 12.2 Å². The average Bonchev–Trinajstić information content (AvgIpc) is 2.61. The Morgan fingerprint density at radius 1 is 1.00 bits per heavy atom. The second-order valence-corrected chi connectivity index (χ2v) is 5.22. The van der Waals surface area contributed by atoms with E-state index in [1.807, 2.05) is 0 Å². The average molecular weight is 195 g/mol. The largest absolute Gasteiger partial charge is 0.313 e. The molecule has 0 aromatic carbocycles. The van der Waals surface area contributed by atoms with E-state index in [1.165, 1.54) is 57.9 Å². The summed E-state index contributed by atoms with van der Waals surface area (Å²) in [5, 5.41) is 3.81. The van der Waals surface area contributed by atoms with Gasteiger partial charge in [0.25, 0.3) is 0 Å². The van der Waals surface area contributed by atoms with Crippen LogP contribution in [0.4, 0.5) is 0 Å². The van der Waals surface area contributed by atoms with Crippen LogP contribution in [-0.2, 0) is 0 Å². The van der Waals surface area contributed by atoms with E-state index in [1.54, 1.807) is 0 Å². The summed E-state index contributed by atoms with van der Waals surface area (Å²) in [6, 6.07) is 0.881. The van der Waals surface area contributed by atoms with Gasteiger partial charge in [0.05, 0.1) is 0 Å². The first-order chi connectivity index (χ1) is 6.92. The number of nitrogens with one attached hydrogen (secondary N) is 1. The molecule has 2 aliphatic carbocycles. The Balaban J connectivity index is 1.83. The summed E-state index contributed by atoms with van der Waals surface area (Å²) in [4.78, 5) is 0. The van der Waals surface area contributed by atoms with Crippen LogP contribution in [0, 0.1) is 11.8 Å². The summed E-state index contributed by atoms with van der Waals surface area (Å²) < 4.78 is 0. The summed E-state index contributed by atoms with van der Waals surface area (Å²) in [7, 11) is 0. The molecular weight excluding hydrogens is 170 g/mol. The van der Waals surface area contributed by atoms with E-state index in [-0.39, 0.29) is 0 Å². The van der Waals surface area contributed by atoms with E-state index >= 15 is 0 Å². The quantitative estimate of drug-likeness (QED) is 0.709. The molecule has 0 aromatic rings. The van der Waals surface area contributed by atoms with Crippen molar-refractivity contribution in [1.82, 2.24) is 5.32 Å². The minimum atomic E-state index is 0.881. The molecule has 2 fully saturated rings. The van der Waals surface area contributed by atoms with Gasteiger partial charge in [-0.1, -0.05) is 26.2 Å². The predicted octanol–water partition coefficient (Wildman–Crippen LogP) is 3.34. The molecule has 2 aliphatic rings. The van der Waals surface area contributed by atoms with Crippen LogP contribution in [0.15, 0.2) is 0 Å². The summed E-state index contributed by atoms with van der Waals surface area (Å²) in [5.74, 6) is 2.05. The summed E-state index contributed by atoms with van der Waals surface area (Å²) in [6.45, 7) is 3.51. The second kappa shape index (κ2) is 5.16. The Morgan fingerprint density at radius 3 is 2.00 bits per heavy atom. The fourth-order valence-corrected chi connectivity index (χ4v) is 3.14. The molecule has 0 aliphatic heterocycles. The third-order valence-corrected chi connectivity index (χ3v) is 4.20. The first kappa shape index (κ1) is 10.5. The highest BCUT2D eigenvalue weighted by atomic mass is 14.9. The van der Waals surface area contributed by atoms with Gasteiger partial charge in [0, 0.05) is 6.04 Å². The molecule has 0 spiro atoms. The fraction of sp³-hybridized carbons (Fsp3) is 1.00. The Kier molecular flexibility index (Phi) is 3.86. The molecule has 0 saturated heterocycles. The minimum absolute atomic E-state index is 0.881.